The van der Waals surface area contributed by atoms with Crippen LogP contribution in [0.15, 0.2) is 23.1 Å². The summed E-state index contributed by atoms with van der Waals surface area (Å²) in [6.07, 6.45) is 5.86. The first-order valence-corrected chi connectivity index (χ1v) is 8.44. The maximum absolute atomic E-state index is 12.8. The number of nitro benzene ring substituents is 1. The van der Waals surface area contributed by atoms with Crippen LogP contribution in [0.2, 0.25) is 0 Å². The summed E-state index contributed by atoms with van der Waals surface area (Å²) in [5.41, 5.74) is 0.116. The van der Waals surface area contributed by atoms with Crippen molar-refractivity contribution in [2.24, 2.45) is 0 Å². The van der Waals surface area contributed by atoms with Gasteiger partial charge in [-0.3, -0.25) is 14.9 Å². The zero-order chi connectivity index (χ0) is 15.4. The number of piperidine rings is 1. The van der Waals surface area contributed by atoms with Crippen molar-refractivity contribution < 1.29 is 9.72 Å². The van der Waals surface area contributed by atoms with E-state index in [0.29, 0.717) is 6.54 Å². The molecule has 0 N–H and O–H groups in total. The van der Waals surface area contributed by atoms with Crippen LogP contribution in [0.3, 0.4) is 0 Å². The van der Waals surface area contributed by atoms with E-state index < -0.39 is 4.92 Å². The molecular weight excluding hydrogens is 288 g/mol. The molecule has 1 heterocycles. The molecule has 5 nitrogen and oxygen atoms in total. The molecule has 0 aliphatic carbocycles. The lowest BCUT2D eigenvalue weighted by Gasteiger charge is -2.35. The molecule has 1 amide bonds. The van der Waals surface area contributed by atoms with Crippen LogP contribution in [-0.4, -0.2) is 34.6 Å². The predicted molar refractivity (Wildman–Crippen MR) is 83.8 cm³/mol. The summed E-state index contributed by atoms with van der Waals surface area (Å²) in [6, 6.07) is 4.97. The Balaban J connectivity index is 2.38. The molecule has 114 valence electrons. The Morgan fingerprint density at radius 2 is 2.24 bits per heavy atom. The molecule has 2 rings (SSSR count). The van der Waals surface area contributed by atoms with Crippen molar-refractivity contribution in [3.05, 3.63) is 33.9 Å². The second-order valence-electron chi connectivity index (χ2n) is 5.20. The van der Waals surface area contributed by atoms with Gasteiger partial charge in [-0.25, -0.2) is 0 Å². The molecule has 21 heavy (non-hydrogen) atoms. The molecule has 1 fully saturated rings. The van der Waals surface area contributed by atoms with Crippen molar-refractivity contribution in [3.8, 4) is 0 Å². The molecule has 1 aromatic carbocycles. The first kappa shape index (κ1) is 15.8. The number of nitrogens with zero attached hydrogens (tertiary/aromatic N) is 2. The number of rotatable bonds is 4. The number of thioether (sulfide) groups is 1. The summed E-state index contributed by atoms with van der Waals surface area (Å²) in [5, 5.41) is 11.2. The van der Waals surface area contributed by atoms with E-state index in [1.54, 1.807) is 12.1 Å². The highest BCUT2D eigenvalue weighted by atomic mass is 32.2. The minimum absolute atomic E-state index is 0.0989. The van der Waals surface area contributed by atoms with E-state index in [4.69, 9.17) is 0 Å². The van der Waals surface area contributed by atoms with E-state index in [-0.39, 0.29) is 23.2 Å². The summed E-state index contributed by atoms with van der Waals surface area (Å²) in [5.74, 6) is -0.204. The largest absolute Gasteiger partial charge is 0.335 e. The molecule has 0 spiro atoms. The monoisotopic (exact) mass is 308 g/mol. The van der Waals surface area contributed by atoms with Crippen LogP contribution in [0.1, 0.15) is 43.0 Å². The fourth-order valence-corrected chi connectivity index (χ4v) is 3.26. The fraction of sp³-hybridized carbons (Fsp3) is 0.533. The Kier molecular flexibility index (Phi) is 5.22. The van der Waals surface area contributed by atoms with Crippen molar-refractivity contribution in [1.82, 2.24) is 4.90 Å². The van der Waals surface area contributed by atoms with Gasteiger partial charge in [-0.15, -0.1) is 11.8 Å². The zero-order valence-electron chi connectivity index (χ0n) is 12.4. The van der Waals surface area contributed by atoms with Crippen LogP contribution in [0.4, 0.5) is 5.69 Å². The lowest BCUT2D eigenvalue weighted by atomic mass is 9.98. The maximum Gasteiger partial charge on any atom is 0.282 e. The van der Waals surface area contributed by atoms with Gasteiger partial charge in [-0.2, -0.15) is 0 Å². The van der Waals surface area contributed by atoms with Gasteiger partial charge in [0, 0.05) is 23.5 Å². The number of nitro groups is 1. The van der Waals surface area contributed by atoms with Crippen molar-refractivity contribution in [1.29, 1.82) is 0 Å². The zero-order valence-corrected chi connectivity index (χ0v) is 13.2. The smallest absolute Gasteiger partial charge is 0.282 e. The van der Waals surface area contributed by atoms with Crippen LogP contribution in [0.5, 0.6) is 0 Å². The van der Waals surface area contributed by atoms with Gasteiger partial charge in [0.05, 0.1) is 4.92 Å². The molecule has 1 aliphatic rings. The number of amides is 1. The second kappa shape index (κ2) is 6.93. The normalized spacial score (nSPS) is 18.6. The third-order valence-corrected chi connectivity index (χ3v) is 4.72. The summed E-state index contributed by atoms with van der Waals surface area (Å²) in [7, 11) is 0. The average Bonchev–Trinajstić information content (AvgIpc) is 2.53. The Bertz CT molecular complexity index is 548. The van der Waals surface area contributed by atoms with E-state index in [1.165, 1.54) is 17.8 Å². The highest BCUT2D eigenvalue weighted by Gasteiger charge is 2.30. The van der Waals surface area contributed by atoms with Crippen molar-refractivity contribution in [3.63, 3.8) is 0 Å². The molecular formula is C15H20N2O3S. The molecule has 0 bridgehead atoms. The van der Waals surface area contributed by atoms with E-state index in [0.717, 1.165) is 30.6 Å². The van der Waals surface area contributed by atoms with Crippen molar-refractivity contribution in [2.75, 3.05) is 12.8 Å². The lowest BCUT2D eigenvalue weighted by molar-refractivity contribution is -0.385. The van der Waals surface area contributed by atoms with E-state index in [2.05, 4.69) is 6.92 Å². The van der Waals surface area contributed by atoms with Crippen LogP contribution in [0.25, 0.3) is 0 Å². The van der Waals surface area contributed by atoms with Gasteiger partial charge in [-0.05, 0) is 44.1 Å². The van der Waals surface area contributed by atoms with E-state index in [1.807, 2.05) is 11.2 Å². The standard InChI is InChI=1S/C15H20N2O3S/c1-3-11-6-4-5-9-16(11)15(18)13-10-12(21-2)7-8-14(13)17(19)20/h7-8,10-11H,3-6,9H2,1-2H3. The number of likely N-dealkylation sites (tertiary alicyclic amines) is 1. The molecule has 1 saturated heterocycles. The highest BCUT2D eigenvalue weighted by molar-refractivity contribution is 7.98. The molecule has 1 unspecified atom stereocenters. The number of hydrogen-bond donors (Lipinski definition) is 0. The fourth-order valence-electron chi connectivity index (χ4n) is 2.82. The van der Waals surface area contributed by atoms with Gasteiger partial charge in [0.1, 0.15) is 5.56 Å². The van der Waals surface area contributed by atoms with Crippen LogP contribution in [0, 0.1) is 10.1 Å². The minimum Gasteiger partial charge on any atom is -0.335 e. The number of carbonyl (C=O) groups is 1. The summed E-state index contributed by atoms with van der Waals surface area (Å²) in [6.45, 7) is 2.75. The quantitative estimate of drug-likeness (QED) is 0.483. The summed E-state index contributed by atoms with van der Waals surface area (Å²) < 4.78 is 0. The molecule has 0 radical (unpaired) electrons. The Hall–Kier alpha value is -1.56. The SMILES string of the molecule is CCC1CCCCN1C(=O)c1cc(SC)ccc1[N+](=O)[O-]. The first-order valence-electron chi connectivity index (χ1n) is 7.21. The number of benzene rings is 1. The van der Waals surface area contributed by atoms with Crippen molar-refractivity contribution in [2.45, 2.75) is 43.5 Å². The molecule has 6 heteroatoms. The minimum atomic E-state index is -0.470. The third-order valence-electron chi connectivity index (χ3n) is 3.99. The van der Waals surface area contributed by atoms with Crippen molar-refractivity contribution >= 4 is 23.4 Å². The van der Waals surface area contributed by atoms with Gasteiger partial charge < -0.3 is 4.90 Å². The lowest BCUT2D eigenvalue weighted by Crippen LogP contribution is -2.43. The summed E-state index contributed by atoms with van der Waals surface area (Å²) >= 11 is 1.48. The van der Waals surface area contributed by atoms with Crippen LogP contribution in [-0.2, 0) is 0 Å². The molecule has 0 aromatic heterocycles. The molecule has 1 aromatic rings. The van der Waals surface area contributed by atoms with Crippen LogP contribution >= 0.6 is 11.8 Å². The van der Waals surface area contributed by atoms with Gasteiger partial charge in [0.25, 0.3) is 11.6 Å². The Labute approximate surface area is 128 Å². The number of carbonyl (C=O) groups excluding carboxylic acids is 1. The van der Waals surface area contributed by atoms with Gasteiger partial charge in [-0.1, -0.05) is 6.92 Å². The van der Waals surface area contributed by atoms with Gasteiger partial charge >= 0.3 is 0 Å². The molecule has 1 atom stereocenters. The molecule has 1 aliphatic heterocycles. The van der Waals surface area contributed by atoms with Gasteiger partial charge in [0.2, 0.25) is 0 Å². The van der Waals surface area contributed by atoms with E-state index >= 15 is 0 Å². The Morgan fingerprint density at radius 1 is 1.48 bits per heavy atom. The van der Waals surface area contributed by atoms with Crippen LogP contribution < -0.4 is 0 Å². The maximum atomic E-state index is 12.8. The first-order chi connectivity index (χ1) is 10.1. The topological polar surface area (TPSA) is 63.5 Å². The second-order valence-corrected chi connectivity index (χ2v) is 6.08. The molecule has 0 saturated carbocycles. The van der Waals surface area contributed by atoms with Gasteiger partial charge in [0.15, 0.2) is 0 Å². The highest BCUT2D eigenvalue weighted by Crippen LogP contribution is 2.29. The Morgan fingerprint density at radius 3 is 2.86 bits per heavy atom. The summed E-state index contributed by atoms with van der Waals surface area (Å²) in [4.78, 5) is 26.2. The van der Waals surface area contributed by atoms with E-state index in [9.17, 15) is 14.9 Å². The number of hydrogen-bond acceptors (Lipinski definition) is 4. The third kappa shape index (κ3) is 3.37. The average molecular weight is 308 g/mol. The predicted octanol–water partition coefficient (Wildman–Crippen LogP) is 3.72.